The first-order chi connectivity index (χ1) is 13.6. The van der Waals surface area contributed by atoms with Gasteiger partial charge >= 0.3 is 0 Å². The van der Waals surface area contributed by atoms with E-state index in [0.29, 0.717) is 40.4 Å². The molecule has 0 aromatic carbocycles. The lowest BCUT2D eigenvalue weighted by atomic mass is 10.1. The summed E-state index contributed by atoms with van der Waals surface area (Å²) in [6.07, 6.45) is 4.35. The number of aromatic nitrogens is 3. The molecule has 0 bridgehead atoms. The maximum Gasteiger partial charge on any atom is 0.259 e. The van der Waals surface area contributed by atoms with E-state index in [2.05, 4.69) is 25.8 Å². The molecule has 0 aliphatic rings. The van der Waals surface area contributed by atoms with E-state index in [9.17, 15) is 4.79 Å². The molecule has 0 saturated carbocycles. The lowest BCUT2D eigenvalue weighted by molar-refractivity contribution is 0.0954. The lowest BCUT2D eigenvalue weighted by Gasteiger charge is -2.07. The van der Waals surface area contributed by atoms with Crippen LogP contribution in [0.4, 0.5) is 0 Å². The number of thiazole rings is 1. The first kappa shape index (κ1) is 18.4. The summed E-state index contributed by atoms with van der Waals surface area (Å²) in [5.41, 5.74) is 3.06. The van der Waals surface area contributed by atoms with Crippen LogP contribution < -0.4 is 5.32 Å². The van der Waals surface area contributed by atoms with Crippen molar-refractivity contribution in [1.29, 1.82) is 0 Å². The van der Waals surface area contributed by atoms with Crippen molar-refractivity contribution in [2.75, 3.05) is 6.54 Å². The molecule has 4 heterocycles. The van der Waals surface area contributed by atoms with Crippen LogP contribution in [0.25, 0.3) is 22.6 Å². The maximum atomic E-state index is 12.8. The molecular formula is C20H20N4O3S. The second-order valence-electron chi connectivity index (χ2n) is 6.58. The summed E-state index contributed by atoms with van der Waals surface area (Å²) < 4.78 is 10.7. The maximum absolute atomic E-state index is 12.8. The summed E-state index contributed by atoms with van der Waals surface area (Å²) >= 11 is 1.68. The number of hydrogen-bond donors (Lipinski definition) is 1. The molecule has 0 aliphatic heterocycles. The van der Waals surface area contributed by atoms with Crippen molar-refractivity contribution in [3.05, 3.63) is 51.8 Å². The van der Waals surface area contributed by atoms with Gasteiger partial charge in [0.2, 0.25) is 0 Å². The van der Waals surface area contributed by atoms with Crippen LogP contribution in [-0.4, -0.2) is 27.6 Å². The Bertz CT molecular complexity index is 1100. The number of carbonyl (C=O) groups excluding carboxylic acids is 1. The van der Waals surface area contributed by atoms with E-state index in [1.807, 2.05) is 6.92 Å². The Hall–Kier alpha value is -3.00. The van der Waals surface area contributed by atoms with E-state index in [-0.39, 0.29) is 5.91 Å². The van der Waals surface area contributed by atoms with Gasteiger partial charge in [-0.3, -0.25) is 4.79 Å². The fourth-order valence-electron chi connectivity index (χ4n) is 3.04. The number of carbonyl (C=O) groups is 1. The third-order valence-electron chi connectivity index (χ3n) is 4.40. The Morgan fingerprint density at radius 2 is 2.14 bits per heavy atom. The van der Waals surface area contributed by atoms with Crippen LogP contribution in [0, 0.1) is 13.8 Å². The zero-order valence-electron chi connectivity index (χ0n) is 15.7. The fraction of sp³-hybridized carbons (Fsp3) is 0.300. The highest BCUT2D eigenvalue weighted by atomic mass is 32.1. The Morgan fingerprint density at radius 3 is 2.89 bits per heavy atom. The molecule has 1 N–H and O–H groups in total. The number of amides is 1. The van der Waals surface area contributed by atoms with Gasteiger partial charge in [0, 0.05) is 17.6 Å². The van der Waals surface area contributed by atoms with Gasteiger partial charge in [0.05, 0.1) is 27.9 Å². The van der Waals surface area contributed by atoms with Crippen molar-refractivity contribution < 1.29 is 13.7 Å². The smallest absolute Gasteiger partial charge is 0.259 e. The molecule has 144 valence electrons. The van der Waals surface area contributed by atoms with Gasteiger partial charge in [0.15, 0.2) is 5.76 Å². The van der Waals surface area contributed by atoms with Gasteiger partial charge < -0.3 is 14.3 Å². The van der Waals surface area contributed by atoms with Crippen LogP contribution in [0.1, 0.15) is 39.6 Å². The molecule has 4 aromatic rings. The third kappa shape index (κ3) is 3.82. The van der Waals surface area contributed by atoms with Gasteiger partial charge in [-0.1, -0.05) is 5.16 Å². The number of nitrogens with zero attached hydrogens (tertiary/aromatic N) is 3. The molecule has 0 aliphatic carbocycles. The van der Waals surface area contributed by atoms with Crippen LogP contribution in [0.3, 0.4) is 0 Å². The third-order valence-corrected chi connectivity index (χ3v) is 5.43. The summed E-state index contributed by atoms with van der Waals surface area (Å²) in [5, 5.41) is 10.8. The molecule has 0 radical (unpaired) electrons. The van der Waals surface area contributed by atoms with Gasteiger partial charge in [-0.15, -0.1) is 11.3 Å². The minimum Gasteiger partial charge on any atom is -0.463 e. The van der Waals surface area contributed by atoms with E-state index in [4.69, 9.17) is 8.94 Å². The molecule has 4 rings (SSSR count). The van der Waals surface area contributed by atoms with Crippen LogP contribution >= 0.6 is 11.3 Å². The van der Waals surface area contributed by atoms with Gasteiger partial charge in [-0.25, -0.2) is 9.97 Å². The summed E-state index contributed by atoms with van der Waals surface area (Å²) in [6.45, 7) is 4.39. The van der Waals surface area contributed by atoms with E-state index in [0.717, 1.165) is 30.0 Å². The van der Waals surface area contributed by atoms with Crippen LogP contribution in [0.15, 0.2) is 38.8 Å². The molecule has 0 saturated heterocycles. The summed E-state index contributed by atoms with van der Waals surface area (Å²) in [4.78, 5) is 21.7. The number of furan rings is 1. The predicted octanol–water partition coefficient (Wildman–Crippen LogP) is 4.31. The summed E-state index contributed by atoms with van der Waals surface area (Å²) in [7, 11) is 0. The molecule has 0 unspecified atom stereocenters. The summed E-state index contributed by atoms with van der Waals surface area (Å²) in [6, 6.07) is 5.29. The monoisotopic (exact) mass is 396 g/mol. The molecule has 0 fully saturated rings. The van der Waals surface area contributed by atoms with Gasteiger partial charge in [0.1, 0.15) is 5.69 Å². The normalized spacial score (nSPS) is 11.2. The van der Waals surface area contributed by atoms with Crippen molar-refractivity contribution in [2.45, 2.75) is 33.1 Å². The van der Waals surface area contributed by atoms with E-state index < -0.39 is 0 Å². The lowest BCUT2D eigenvalue weighted by Crippen LogP contribution is -2.25. The molecule has 7 nitrogen and oxygen atoms in total. The highest BCUT2D eigenvalue weighted by molar-refractivity contribution is 7.09. The number of nitrogens with one attached hydrogen (secondary N) is 1. The van der Waals surface area contributed by atoms with Crippen molar-refractivity contribution in [2.24, 2.45) is 0 Å². The summed E-state index contributed by atoms with van der Waals surface area (Å²) in [5.74, 6) is 0.403. The van der Waals surface area contributed by atoms with Crippen LogP contribution in [0.2, 0.25) is 0 Å². The average Bonchev–Trinajstić information content (AvgIpc) is 3.43. The largest absolute Gasteiger partial charge is 0.463 e. The molecule has 1 amide bonds. The van der Waals surface area contributed by atoms with Crippen LogP contribution in [-0.2, 0) is 6.42 Å². The Kier molecular flexibility index (Phi) is 5.21. The standard InChI is InChI=1S/C20H20N4O3S/c1-12-11-28-17(22-12)7-3-4-8-21-19(25)14-10-15(16-6-5-9-26-16)23-20-18(14)13(2)24-27-20/h5-6,9-11H,3-4,7-8H2,1-2H3,(H,21,25). The Balaban J connectivity index is 1.45. The molecule has 0 atom stereocenters. The highest BCUT2D eigenvalue weighted by Gasteiger charge is 2.19. The minimum absolute atomic E-state index is 0.170. The molecule has 4 aromatic heterocycles. The van der Waals surface area contributed by atoms with E-state index >= 15 is 0 Å². The van der Waals surface area contributed by atoms with Crippen molar-refractivity contribution in [3.8, 4) is 11.5 Å². The molecule has 0 spiro atoms. The second-order valence-corrected chi connectivity index (χ2v) is 7.52. The van der Waals surface area contributed by atoms with Gasteiger partial charge in [0.25, 0.3) is 11.6 Å². The molecular weight excluding hydrogens is 376 g/mol. The average molecular weight is 396 g/mol. The van der Waals surface area contributed by atoms with Gasteiger partial charge in [-0.05, 0) is 51.3 Å². The first-order valence-electron chi connectivity index (χ1n) is 9.12. The number of pyridine rings is 1. The van der Waals surface area contributed by atoms with Crippen molar-refractivity contribution in [1.82, 2.24) is 20.4 Å². The van der Waals surface area contributed by atoms with Crippen molar-refractivity contribution in [3.63, 3.8) is 0 Å². The fourth-order valence-corrected chi connectivity index (χ4v) is 3.86. The van der Waals surface area contributed by atoms with Crippen molar-refractivity contribution >= 4 is 28.3 Å². The predicted molar refractivity (Wildman–Crippen MR) is 106 cm³/mol. The number of rotatable bonds is 7. The minimum atomic E-state index is -0.170. The van der Waals surface area contributed by atoms with Crippen LogP contribution in [0.5, 0.6) is 0 Å². The van der Waals surface area contributed by atoms with E-state index in [1.165, 1.54) is 0 Å². The molecule has 8 heteroatoms. The van der Waals surface area contributed by atoms with Gasteiger partial charge in [-0.2, -0.15) is 0 Å². The van der Waals surface area contributed by atoms with E-state index in [1.54, 1.807) is 42.7 Å². The number of fused-ring (bicyclic) bond motifs is 1. The zero-order valence-corrected chi connectivity index (χ0v) is 16.5. The first-order valence-corrected chi connectivity index (χ1v) is 10.00. The molecule has 28 heavy (non-hydrogen) atoms. The highest BCUT2D eigenvalue weighted by Crippen LogP contribution is 2.27. The SMILES string of the molecule is Cc1csc(CCCCNC(=O)c2cc(-c3ccco3)nc3onc(C)c23)n1. The number of hydrogen-bond acceptors (Lipinski definition) is 7. The Labute approximate surface area is 165 Å². The number of unbranched alkanes of at least 4 members (excludes halogenated alkanes) is 1. The zero-order chi connectivity index (χ0) is 19.5. The number of aryl methyl sites for hydroxylation is 3. The topological polar surface area (TPSA) is 94.1 Å². The Morgan fingerprint density at radius 1 is 1.25 bits per heavy atom. The second kappa shape index (κ2) is 7.93. The quantitative estimate of drug-likeness (QED) is 0.468.